The molecular formula is C10H12O9. The minimum absolute atomic E-state index is 0.810. The molecule has 3 N–H and O–H groups in total. The normalized spacial score (nSPS) is 37.6. The predicted molar refractivity (Wildman–Crippen MR) is 52.9 cm³/mol. The van der Waals surface area contributed by atoms with E-state index in [0.717, 1.165) is 6.92 Å². The van der Waals surface area contributed by atoms with Gasteiger partial charge in [-0.1, -0.05) is 0 Å². The molecule has 19 heavy (non-hydrogen) atoms. The van der Waals surface area contributed by atoms with E-state index in [2.05, 4.69) is 14.2 Å². The molecule has 0 saturated carbocycles. The largest absolute Gasteiger partial charge is 0.454 e. The highest BCUT2D eigenvalue weighted by Crippen LogP contribution is 2.36. The highest BCUT2D eigenvalue weighted by atomic mass is 16.9. The van der Waals surface area contributed by atoms with E-state index in [4.69, 9.17) is 0 Å². The van der Waals surface area contributed by atoms with Crippen LogP contribution >= 0.6 is 0 Å². The van der Waals surface area contributed by atoms with Crippen LogP contribution in [0.5, 0.6) is 0 Å². The number of carbonyl (C=O) groups excluding carboxylic acids is 3. The number of aliphatic hydroxyl groups excluding tert-OH is 2. The summed E-state index contributed by atoms with van der Waals surface area (Å²) in [6.07, 6.45) is -5.16. The Balaban J connectivity index is 2.50. The molecule has 0 spiro atoms. The van der Waals surface area contributed by atoms with E-state index < -0.39 is 54.5 Å². The fourth-order valence-electron chi connectivity index (χ4n) is 1.84. The molecule has 2 atom stereocenters. The highest BCUT2D eigenvalue weighted by Gasteiger charge is 2.62. The average Bonchev–Trinajstić information content (AvgIpc) is 2.38. The Kier molecular flexibility index (Phi) is 3.00. The summed E-state index contributed by atoms with van der Waals surface area (Å²) >= 11 is 0. The lowest BCUT2D eigenvalue weighted by Crippen LogP contribution is -2.55. The molecule has 9 heteroatoms. The zero-order chi connectivity index (χ0) is 14.4. The summed E-state index contributed by atoms with van der Waals surface area (Å²) in [5, 5.41) is 29.0. The molecule has 2 aliphatic heterocycles. The SMILES string of the molecule is CC(O)C(O)C12OC(=O)CC(O)(CC(=O)O1)C(=O)O2. The lowest BCUT2D eigenvalue weighted by atomic mass is 9.96. The molecule has 0 amide bonds. The summed E-state index contributed by atoms with van der Waals surface area (Å²) in [5.74, 6) is -6.34. The van der Waals surface area contributed by atoms with Crippen molar-refractivity contribution >= 4 is 17.9 Å². The van der Waals surface area contributed by atoms with Crippen LogP contribution < -0.4 is 0 Å². The molecule has 2 bridgehead atoms. The molecule has 2 aliphatic rings. The van der Waals surface area contributed by atoms with E-state index in [1.165, 1.54) is 0 Å². The van der Waals surface area contributed by atoms with Crippen LogP contribution in [-0.4, -0.2) is 57.0 Å². The lowest BCUT2D eigenvalue weighted by molar-refractivity contribution is -0.366. The monoisotopic (exact) mass is 276 g/mol. The quantitative estimate of drug-likeness (QED) is 0.469. The lowest BCUT2D eigenvalue weighted by Gasteiger charge is -2.33. The van der Waals surface area contributed by atoms with Gasteiger partial charge in [0.25, 0.3) is 0 Å². The summed E-state index contributed by atoms with van der Waals surface area (Å²) in [7, 11) is 0. The minimum Gasteiger partial charge on any atom is -0.390 e. The first kappa shape index (κ1) is 13.7. The first-order valence-electron chi connectivity index (χ1n) is 5.44. The predicted octanol–water partition coefficient (Wildman–Crippen LogP) is -2.45. The van der Waals surface area contributed by atoms with Gasteiger partial charge in [0.15, 0.2) is 5.60 Å². The van der Waals surface area contributed by atoms with Crippen LogP contribution in [-0.2, 0) is 28.6 Å². The van der Waals surface area contributed by atoms with Gasteiger partial charge in [0.1, 0.15) is 0 Å². The number of esters is 3. The Bertz CT molecular complexity index is 420. The standard InChI is InChI=1S/C10H12O9/c1-4(11)7(14)10-17-5(12)2-9(16,8(15)19-10)3-6(13)18-10/h4,7,11,14,16H,2-3H2,1H3. The fraction of sp³-hybridized carbons (Fsp3) is 0.700. The van der Waals surface area contributed by atoms with Crippen molar-refractivity contribution in [2.75, 3.05) is 0 Å². The van der Waals surface area contributed by atoms with Crippen molar-refractivity contribution in [2.45, 2.75) is 43.5 Å². The molecule has 0 radical (unpaired) electrons. The van der Waals surface area contributed by atoms with E-state index >= 15 is 0 Å². The second kappa shape index (κ2) is 4.15. The number of aliphatic hydroxyl groups is 3. The van der Waals surface area contributed by atoms with E-state index in [-0.39, 0.29) is 0 Å². The zero-order valence-corrected chi connectivity index (χ0v) is 9.86. The first-order chi connectivity index (χ1) is 8.68. The number of rotatable bonds is 2. The Hall–Kier alpha value is -1.71. The van der Waals surface area contributed by atoms with Gasteiger partial charge in [-0.2, -0.15) is 0 Å². The maximum absolute atomic E-state index is 11.7. The smallest absolute Gasteiger partial charge is 0.390 e. The molecule has 0 aromatic rings. The second-order valence-electron chi connectivity index (χ2n) is 4.51. The third-order valence-electron chi connectivity index (χ3n) is 2.82. The number of hydrogen-bond acceptors (Lipinski definition) is 9. The first-order valence-corrected chi connectivity index (χ1v) is 5.44. The molecule has 2 rings (SSSR count). The summed E-state index contributed by atoms with van der Waals surface area (Å²) in [6, 6.07) is 0. The number of carbonyl (C=O) groups is 3. The number of fused-ring (bicyclic) bond motifs is 3. The zero-order valence-electron chi connectivity index (χ0n) is 9.86. The van der Waals surface area contributed by atoms with Gasteiger partial charge in [0.05, 0.1) is 18.9 Å². The maximum Gasteiger partial charge on any atom is 0.454 e. The molecule has 106 valence electrons. The maximum atomic E-state index is 11.7. The molecule has 2 heterocycles. The third kappa shape index (κ3) is 2.15. The van der Waals surface area contributed by atoms with E-state index in [9.17, 15) is 29.7 Å². The summed E-state index contributed by atoms with van der Waals surface area (Å²) in [4.78, 5) is 34.7. The number of ether oxygens (including phenoxy) is 3. The molecule has 2 unspecified atom stereocenters. The summed E-state index contributed by atoms with van der Waals surface area (Å²) in [5.41, 5.74) is -2.40. The van der Waals surface area contributed by atoms with Gasteiger partial charge in [-0.25, -0.2) is 4.79 Å². The van der Waals surface area contributed by atoms with Gasteiger partial charge in [-0.3, -0.25) is 9.59 Å². The Morgan fingerprint density at radius 1 is 1.05 bits per heavy atom. The minimum atomic E-state index is -2.78. The van der Waals surface area contributed by atoms with Crippen LogP contribution in [0.4, 0.5) is 0 Å². The molecule has 0 aliphatic carbocycles. The van der Waals surface area contributed by atoms with Crippen LogP contribution in [0.3, 0.4) is 0 Å². The van der Waals surface area contributed by atoms with Gasteiger partial charge < -0.3 is 29.5 Å². The van der Waals surface area contributed by atoms with Crippen molar-refractivity contribution in [2.24, 2.45) is 0 Å². The van der Waals surface area contributed by atoms with E-state index in [1.807, 2.05) is 0 Å². The highest BCUT2D eigenvalue weighted by molar-refractivity contribution is 5.92. The van der Waals surface area contributed by atoms with Crippen molar-refractivity contribution in [1.29, 1.82) is 0 Å². The van der Waals surface area contributed by atoms with Gasteiger partial charge in [-0.05, 0) is 6.92 Å². The van der Waals surface area contributed by atoms with Crippen LogP contribution in [0.25, 0.3) is 0 Å². The fourth-order valence-corrected chi connectivity index (χ4v) is 1.84. The van der Waals surface area contributed by atoms with E-state index in [0.29, 0.717) is 0 Å². The van der Waals surface area contributed by atoms with Crippen molar-refractivity contribution in [1.82, 2.24) is 0 Å². The Morgan fingerprint density at radius 2 is 1.53 bits per heavy atom. The van der Waals surface area contributed by atoms with Crippen LogP contribution in [0, 0.1) is 0 Å². The van der Waals surface area contributed by atoms with Crippen LogP contribution in [0.1, 0.15) is 19.8 Å². The third-order valence-corrected chi connectivity index (χ3v) is 2.82. The topological polar surface area (TPSA) is 140 Å². The second-order valence-corrected chi connectivity index (χ2v) is 4.51. The van der Waals surface area contributed by atoms with Crippen molar-refractivity contribution in [3.8, 4) is 0 Å². The van der Waals surface area contributed by atoms with Crippen molar-refractivity contribution in [3.05, 3.63) is 0 Å². The molecule has 2 saturated heterocycles. The Labute approximate surface area is 106 Å². The van der Waals surface area contributed by atoms with E-state index in [1.54, 1.807) is 0 Å². The molecule has 2 fully saturated rings. The van der Waals surface area contributed by atoms with Crippen molar-refractivity contribution < 1.29 is 43.9 Å². The van der Waals surface area contributed by atoms with Gasteiger partial charge in [0, 0.05) is 0 Å². The summed E-state index contributed by atoms with van der Waals surface area (Å²) in [6.45, 7) is 1.11. The number of hydrogen-bond donors (Lipinski definition) is 3. The molecular weight excluding hydrogens is 264 g/mol. The van der Waals surface area contributed by atoms with Gasteiger partial charge in [0.2, 0.25) is 6.10 Å². The van der Waals surface area contributed by atoms with Crippen molar-refractivity contribution in [3.63, 3.8) is 0 Å². The van der Waals surface area contributed by atoms with Crippen LogP contribution in [0.15, 0.2) is 0 Å². The summed E-state index contributed by atoms with van der Waals surface area (Å²) < 4.78 is 13.8. The Morgan fingerprint density at radius 3 is 1.95 bits per heavy atom. The average molecular weight is 276 g/mol. The van der Waals surface area contributed by atoms with Crippen LogP contribution in [0.2, 0.25) is 0 Å². The van der Waals surface area contributed by atoms with Gasteiger partial charge >= 0.3 is 23.9 Å². The molecule has 0 aromatic carbocycles. The molecule has 9 nitrogen and oxygen atoms in total. The van der Waals surface area contributed by atoms with Gasteiger partial charge in [-0.15, -0.1) is 0 Å². The molecule has 0 aromatic heterocycles.